The molecule has 0 spiro atoms. The third-order valence-electron chi connectivity index (χ3n) is 5.02. The molecule has 1 amide bonds. The minimum Gasteiger partial charge on any atom is -0.492 e. The molecule has 0 atom stereocenters. The second-order valence-corrected chi connectivity index (χ2v) is 9.45. The molecule has 0 aromatic heterocycles. The van der Waals surface area contributed by atoms with Gasteiger partial charge >= 0.3 is 0 Å². The maximum atomic E-state index is 12.7. The van der Waals surface area contributed by atoms with Crippen molar-refractivity contribution in [1.82, 2.24) is 9.62 Å². The average molecular weight is 437 g/mol. The number of rotatable bonds is 7. The molecule has 6 nitrogen and oxygen atoms in total. The zero-order valence-corrected chi connectivity index (χ0v) is 18.1. The molecule has 2 aromatic rings. The fourth-order valence-corrected chi connectivity index (χ4v) is 4.90. The van der Waals surface area contributed by atoms with E-state index in [4.69, 9.17) is 16.3 Å². The summed E-state index contributed by atoms with van der Waals surface area (Å²) in [6.45, 7) is 5.60. The predicted molar refractivity (Wildman–Crippen MR) is 113 cm³/mol. The molecule has 1 aliphatic heterocycles. The number of aryl methyl sites for hydroxylation is 2. The molecule has 8 heteroatoms. The predicted octanol–water partition coefficient (Wildman–Crippen LogP) is 3.55. The lowest BCUT2D eigenvalue weighted by Crippen LogP contribution is -2.30. The van der Waals surface area contributed by atoms with Crippen LogP contribution in [0.3, 0.4) is 0 Å². The number of amides is 1. The minimum atomic E-state index is -3.61. The van der Waals surface area contributed by atoms with Crippen molar-refractivity contribution in [2.75, 3.05) is 26.2 Å². The van der Waals surface area contributed by atoms with Crippen LogP contribution >= 0.6 is 11.6 Å². The van der Waals surface area contributed by atoms with Gasteiger partial charge in [-0.1, -0.05) is 17.7 Å². The van der Waals surface area contributed by atoms with E-state index in [1.54, 1.807) is 0 Å². The van der Waals surface area contributed by atoms with Crippen LogP contribution in [0, 0.1) is 13.8 Å². The lowest BCUT2D eigenvalue weighted by Gasteiger charge is -2.16. The standard InChI is InChI=1S/C21H25ClN2O4S/c1-15-5-6-17(13-16(15)2)28-12-9-23-21(25)19-14-18(7-8-20(19)22)29(26,27)24-10-3-4-11-24/h5-8,13-14H,3-4,9-12H2,1-2H3,(H,23,25). The van der Waals surface area contributed by atoms with Crippen LogP contribution in [0.15, 0.2) is 41.3 Å². The van der Waals surface area contributed by atoms with Crippen molar-refractivity contribution < 1.29 is 17.9 Å². The number of hydrogen-bond acceptors (Lipinski definition) is 4. The Morgan fingerprint density at radius 2 is 1.83 bits per heavy atom. The van der Waals surface area contributed by atoms with Gasteiger partial charge in [-0.25, -0.2) is 8.42 Å². The molecule has 156 valence electrons. The fraction of sp³-hybridized carbons (Fsp3) is 0.381. The molecule has 1 heterocycles. The summed E-state index contributed by atoms with van der Waals surface area (Å²) in [5.41, 5.74) is 2.46. The lowest BCUT2D eigenvalue weighted by atomic mass is 10.1. The highest BCUT2D eigenvalue weighted by Gasteiger charge is 2.28. The van der Waals surface area contributed by atoms with E-state index in [0.29, 0.717) is 13.1 Å². The summed E-state index contributed by atoms with van der Waals surface area (Å²) in [4.78, 5) is 12.6. The maximum absolute atomic E-state index is 12.7. The molecule has 2 aromatic carbocycles. The molecule has 0 radical (unpaired) electrons. The van der Waals surface area contributed by atoms with Crippen LogP contribution in [0.4, 0.5) is 0 Å². The molecule has 0 unspecified atom stereocenters. The van der Waals surface area contributed by atoms with Gasteiger partial charge in [0.25, 0.3) is 5.91 Å². The Hall–Kier alpha value is -2.09. The van der Waals surface area contributed by atoms with Crippen molar-refractivity contribution in [3.63, 3.8) is 0 Å². The van der Waals surface area contributed by atoms with Crippen molar-refractivity contribution in [2.45, 2.75) is 31.6 Å². The number of benzene rings is 2. The fourth-order valence-electron chi connectivity index (χ4n) is 3.15. The summed E-state index contributed by atoms with van der Waals surface area (Å²) in [5.74, 6) is 0.302. The lowest BCUT2D eigenvalue weighted by molar-refractivity contribution is 0.0947. The second-order valence-electron chi connectivity index (χ2n) is 7.10. The summed E-state index contributed by atoms with van der Waals surface area (Å²) >= 11 is 6.14. The first-order chi connectivity index (χ1) is 13.8. The van der Waals surface area contributed by atoms with Crippen LogP contribution in [-0.4, -0.2) is 44.9 Å². The van der Waals surface area contributed by atoms with Crippen molar-refractivity contribution in [1.29, 1.82) is 0 Å². The topological polar surface area (TPSA) is 75.7 Å². The molecule has 1 aliphatic rings. The number of halogens is 1. The van der Waals surface area contributed by atoms with E-state index in [-0.39, 0.29) is 28.6 Å². The van der Waals surface area contributed by atoms with E-state index < -0.39 is 15.9 Å². The third kappa shape index (κ3) is 5.10. The van der Waals surface area contributed by atoms with Gasteiger partial charge in [0.2, 0.25) is 10.0 Å². The number of ether oxygens (including phenoxy) is 1. The van der Waals surface area contributed by atoms with Crippen LogP contribution in [0.25, 0.3) is 0 Å². The number of nitrogens with one attached hydrogen (secondary N) is 1. The highest BCUT2D eigenvalue weighted by atomic mass is 35.5. The molecular weight excluding hydrogens is 412 g/mol. The van der Waals surface area contributed by atoms with Gasteiger partial charge in [-0.15, -0.1) is 0 Å². The number of sulfonamides is 1. The Morgan fingerprint density at radius 3 is 2.52 bits per heavy atom. The number of carbonyl (C=O) groups excluding carboxylic acids is 1. The van der Waals surface area contributed by atoms with E-state index in [0.717, 1.165) is 24.2 Å². The quantitative estimate of drug-likeness (QED) is 0.673. The van der Waals surface area contributed by atoms with Gasteiger partial charge in [-0.2, -0.15) is 4.31 Å². The van der Waals surface area contributed by atoms with Crippen LogP contribution in [0.5, 0.6) is 5.75 Å². The molecule has 1 fully saturated rings. The van der Waals surface area contributed by atoms with E-state index in [9.17, 15) is 13.2 Å². The SMILES string of the molecule is Cc1ccc(OCCNC(=O)c2cc(S(=O)(=O)N3CCCC3)ccc2Cl)cc1C. The van der Waals surface area contributed by atoms with Gasteiger partial charge < -0.3 is 10.1 Å². The van der Waals surface area contributed by atoms with Crippen molar-refractivity contribution in [3.05, 3.63) is 58.1 Å². The summed E-state index contributed by atoms with van der Waals surface area (Å²) in [6, 6.07) is 10.0. The van der Waals surface area contributed by atoms with Gasteiger partial charge in [0.1, 0.15) is 12.4 Å². The summed E-state index contributed by atoms with van der Waals surface area (Å²) in [5, 5.41) is 2.93. The minimum absolute atomic E-state index is 0.0836. The summed E-state index contributed by atoms with van der Waals surface area (Å²) < 4.78 is 32.5. The van der Waals surface area contributed by atoms with Crippen LogP contribution < -0.4 is 10.1 Å². The first-order valence-corrected chi connectivity index (χ1v) is 11.4. The maximum Gasteiger partial charge on any atom is 0.252 e. The molecule has 3 rings (SSSR count). The summed E-state index contributed by atoms with van der Waals surface area (Å²) in [6.07, 6.45) is 1.70. The zero-order chi connectivity index (χ0) is 21.0. The highest BCUT2D eigenvalue weighted by Crippen LogP contribution is 2.25. The molecule has 0 bridgehead atoms. The number of carbonyl (C=O) groups is 1. The van der Waals surface area contributed by atoms with Crippen LogP contribution in [0.1, 0.15) is 34.3 Å². The Bertz CT molecular complexity index is 1000. The van der Waals surface area contributed by atoms with Gasteiger partial charge in [-0.05, 0) is 68.1 Å². The largest absolute Gasteiger partial charge is 0.492 e. The molecule has 1 saturated heterocycles. The van der Waals surface area contributed by atoms with Crippen molar-refractivity contribution in [3.8, 4) is 5.75 Å². The second kappa shape index (κ2) is 9.15. The Labute approximate surface area is 176 Å². The van der Waals surface area contributed by atoms with Gasteiger partial charge in [-0.3, -0.25) is 4.79 Å². The van der Waals surface area contributed by atoms with Gasteiger partial charge in [0, 0.05) is 13.1 Å². The highest BCUT2D eigenvalue weighted by molar-refractivity contribution is 7.89. The van der Waals surface area contributed by atoms with E-state index in [1.165, 1.54) is 28.1 Å². The third-order valence-corrected chi connectivity index (χ3v) is 7.24. The molecule has 0 aliphatic carbocycles. The van der Waals surface area contributed by atoms with Crippen molar-refractivity contribution in [2.24, 2.45) is 0 Å². The average Bonchev–Trinajstić information content (AvgIpc) is 3.23. The Kier molecular flexibility index (Phi) is 6.82. The van der Waals surface area contributed by atoms with E-state index in [1.807, 2.05) is 32.0 Å². The first kappa shape index (κ1) is 21.6. The molecular formula is C21H25ClN2O4S. The monoisotopic (exact) mass is 436 g/mol. The smallest absolute Gasteiger partial charge is 0.252 e. The van der Waals surface area contributed by atoms with Crippen molar-refractivity contribution >= 4 is 27.5 Å². The molecule has 1 N–H and O–H groups in total. The van der Waals surface area contributed by atoms with Crippen LogP contribution in [0.2, 0.25) is 5.02 Å². The van der Waals surface area contributed by atoms with E-state index >= 15 is 0 Å². The van der Waals surface area contributed by atoms with E-state index in [2.05, 4.69) is 5.32 Å². The van der Waals surface area contributed by atoms with Gasteiger partial charge in [0.05, 0.1) is 22.0 Å². The normalized spacial score (nSPS) is 14.7. The first-order valence-electron chi connectivity index (χ1n) is 9.57. The number of hydrogen-bond donors (Lipinski definition) is 1. The Morgan fingerprint density at radius 1 is 1.10 bits per heavy atom. The van der Waals surface area contributed by atoms with Crippen LogP contribution in [-0.2, 0) is 10.0 Å². The molecule has 29 heavy (non-hydrogen) atoms. The number of nitrogens with zero attached hydrogens (tertiary/aromatic N) is 1. The van der Waals surface area contributed by atoms with Gasteiger partial charge in [0.15, 0.2) is 0 Å². The Balaban J connectivity index is 1.62. The summed E-state index contributed by atoms with van der Waals surface area (Å²) in [7, 11) is -3.61. The zero-order valence-electron chi connectivity index (χ0n) is 16.6. The molecule has 0 saturated carbocycles.